The molecule has 0 radical (unpaired) electrons. The number of rotatable bonds is 9. The highest BCUT2D eigenvalue weighted by molar-refractivity contribution is 7.80. The molecule has 0 aliphatic carbocycles. The van der Waals surface area contributed by atoms with Crippen LogP contribution in [0.2, 0.25) is 0 Å². The second kappa shape index (κ2) is 11.4. The molecule has 4 nitrogen and oxygen atoms in total. The molecule has 0 unspecified atom stereocenters. The molecule has 140 valence electrons. The largest absolute Gasteiger partial charge is 0.379 e. The SMILES string of the molecule is CCCCNC(=S)N(CCCN1CCOCC1)Cc1ccc(F)cc1. The summed E-state index contributed by atoms with van der Waals surface area (Å²) in [6.07, 6.45) is 3.31. The molecule has 0 amide bonds. The Morgan fingerprint density at radius 2 is 1.96 bits per heavy atom. The van der Waals surface area contributed by atoms with E-state index in [-0.39, 0.29) is 5.82 Å². The van der Waals surface area contributed by atoms with Gasteiger partial charge >= 0.3 is 0 Å². The highest BCUT2D eigenvalue weighted by atomic mass is 32.1. The first-order chi connectivity index (χ1) is 12.2. The van der Waals surface area contributed by atoms with Crippen LogP contribution in [-0.4, -0.2) is 60.8 Å². The van der Waals surface area contributed by atoms with Gasteiger partial charge in [0.2, 0.25) is 0 Å². The molecule has 1 aromatic carbocycles. The van der Waals surface area contributed by atoms with Crippen molar-refractivity contribution in [3.63, 3.8) is 0 Å². The summed E-state index contributed by atoms with van der Waals surface area (Å²) in [7, 11) is 0. The van der Waals surface area contributed by atoms with E-state index in [9.17, 15) is 4.39 Å². The first-order valence-corrected chi connectivity index (χ1v) is 9.67. The summed E-state index contributed by atoms with van der Waals surface area (Å²) in [5.41, 5.74) is 1.08. The maximum Gasteiger partial charge on any atom is 0.169 e. The molecule has 0 saturated carbocycles. The second-order valence-corrected chi connectivity index (χ2v) is 6.83. The Kier molecular flexibility index (Phi) is 9.15. The van der Waals surface area contributed by atoms with Crippen molar-refractivity contribution in [3.05, 3.63) is 35.6 Å². The van der Waals surface area contributed by atoms with Gasteiger partial charge in [0.25, 0.3) is 0 Å². The molecule has 1 aliphatic rings. The predicted molar refractivity (Wildman–Crippen MR) is 104 cm³/mol. The number of halogens is 1. The van der Waals surface area contributed by atoms with Crippen LogP contribution in [0.1, 0.15) is 31.7 Å². The van der Waals surface area contributed by atoms with Crippen LogP contribution in [0, 0.1) is 5.82 Å². The van der Waals surface area contributed by atoms with Crippen LogP contribution in [0.25, 0.3) is 0 Å². The molecule has 6 heteroatoms. The lowest BCUT2D eigenvalue weighted by Crippen LogP contribution is -2.42. The van der Waals surface area contributed by atoms with Crippen molar-refractivity contribution in [2.24, 2.45) is 0 Å². The minimum absolute atomic E-state index is 0.203. The molecule has 1 aliphatic heterocycles. The number of hydrogen-bond acceptors (Lipinski definition) is 3. The number of morpholine rings is 1. The fourth-order valence-corrected chi connectivity index (χ4v) is 3.11. The average molecular weight is 368 g/mol. The van der Waals surface area contributed by atoms with Crippen molar-refractivity contribution in [2.75, 3.05) is 45.9 Å². The van der Waals surface area contributed by atoms with Crippen LogP contribution < -0.4 is 5.32 Å². The van der Waals surface area contributed by atoms with Gasteiger partial charge in [-0.1, -0.05) is 25.5 Å². The number of thiocarbonyl (C=S) groups is 1. The molecule has 1 fully saturated rings. The third-order valence-electron chi connectivity index (χ3n) is 4.39. The summed E-state index contributed by atoms with van der Waals surface area (Å²) in [5.74, 6) is -0.203. The zero-order valence-corrected chi connectivity index (χ0v) is 16.0. The van der Waals surface area contributed by atoms with E-state index in [1.165, 1.54) is 12.1 Å². The van der Waals surface area contributed by atoms with Gasteiger partial charge in [0.15, 0.2) is 5.11 Å². The summed E-state index contributed by atoms with van der Waals surface area (Å²) in [5, 5.41) is 4.14. The fraction of sp³-hybridized carbons (Fsp3) is 0.632. The summed E-state index contributed by atoms with van der Waals surface area (Å²) in [6, 6.07) is 6.68. The van der Waals surface area contributed by atoms with E-state index in [0.29, 0.717) is 6.54 Å². The highest BCUT2D eigenvalue weighted by Gasteiger charge is 2.13. The van der Waals surface area contributed by atoms with Crippen LogP contribution in [-0.2, 0) is 11.3 Å². The first-order valence-electron chi connectivity index (χ1n) is 9.26. The van der Waals surface area contributed by atoms with Crippen LogP contribution in [0.4, 0.5) is 4.39 Å². The van der Waals surface area contributed by atoms with Gasteiger partial charge in [-0.3, -0.25) is 4.90 Å². The van der Waals surface area contributed by atoms with Gasteiger partial charge < -0.3 is 15.0 Å². The molecular formula is C19H30FN3OS. The second-order valence-electron chi connectivity index (χ2n) is 6.44. The molecule has 1 N–H and O–H groups in total. The summed E-state index contributed by atoms with van der Waals surface area (Å²) in [4.78, 5) is 4.63. The van der Waals surface area contributed by atoms with Gasteiger partial charge in [0.05, 0.1) is 13.2 Å². The zero-order valence-electron chi connectivity index (χ0n) is 15.2. The maximum atomic E-state index is 13.1. The van der Waals surface area contributed by atoms with E-state index in [0.717, 1.165) is 75.9 Å². The molecule has 1 aromatic rings. The molecule has 25 heavy (non-hydrogen) atoms. The van der Waals surface area contributed by atoms with E-state index in [4.69, 9.17) is 17.0 Å². The number of ether oxygens (including phenoxy) is 1. The standard InChI is InChI=1S/C19H30FN3OS/c1-2-3-9-21-19(25)23(16-17-5-7-18(20)8-6-17)11-4-10-22-12-14-24-15-13-22/h5-8H,2-4,9-16H2,1H3,(H,21,25). The van der Waals surface area contributed by atoms with E-state index < -0.39 is 0 Å². The maximum absolute atomic E-state index is 13.1. The molecule has 0 aromatic heterocycles. The Morgan fingerprint density at radius 1 is 1.24 bits per heavy atom. The summed E-state index contributed by atoms with van der Waals surface area (Å²) >= 11 is 5.59. The molecule has 2 rings (SSSR count). The first kappa shape index (κ1) is 20.1. The van der Waals surface area contributed by atoms with Crippen molar-refractivity contribution in [1.29, 1.82) is 0 Å². The molecule has 0 spiro atoms. The third-order valence-corrected chi connectivity index (χ3v) is 4.79. The Hall–Kier alpha value is -1.24. The number of benzene rings is 1. The zero-order chi connectivity index (χ0) is 17.9. The molecule has 0 bridgehead atoms. The van der Waals surface area contributed by atoms with Crippen molar-refractivity contribution in [1.82, 2.24) is 15.1 Å². The predicted octanol–water partition coefficient (Wildman–Crippen LogP) is 3.02. The lowest BCUT2D eigenvalue weighted by molar-refractivity contribution is 0.0367. The minimum Gasteiger partial charge on any atom is -0.379 e. The number of nitrogens with zero attached hydrogens (tertiary/aromatic N) is 2. The monoisotopic (exact) mass is 367 g/mol. The fourth-order valence-electron chi connectivity index (χ4n) is 2.86. The Balaban J connectivity index is 1.85. The summed E-state index contributed by atoms with van der Waals surface area (Å²) in [6.45, 7) is 9.41. The van der Waals surface area contributed by atoms with Gasteiger partial charge in [0.1, 0.15) is 5.82 Å². The molecule has 1 saturated heterocycles. The van der Waals surface area contributed by atoms with Crippen molar-refractivity contribution in [3.8, 4) is 0 Å². The van der Waals surface area contributed by atoms with E-state index >= 15 is 0 Å². The number of nitrogens with one attached hydrogen (secondary N) is 1. The highest BCUT2D eigenvalue weighted by Crippen LogP contribution is 2.09. The Bertz CT molecular complexity index is 506. The lowest BCUT2D eigenvalue weighted by Gasteiger charge is -2.29. The Morgan fingerprint density at radius 3 is 2.64 bits per heavy atom. The van der Waals surface area contributed by atoms with E-state index in [2.05, 4.69) is 22.0 Å². The Labute approximate surface area is 156 Å². The van der Waals surface area contributed by atoms with Gasteiger partial charge in [0, 0.05) is 39.3 Å². The van der Waals surface area contributed by atoms with Gasteiger partial charge in [-0.15, -0.1) is 0 Å². The molecule has 1 heterocycles. The number of hydrogen-bond donors (Lipinski definition) is 1. The topological polar surface area (TPSA) is 27.7 Å². The van der Waals surface area contributed by atoms with E-state index in [1.54, 1.807) is 0 Å². The normalized spacial score (nSPS) is 15.1. The van der Waals surface area contributed by atoms with Crippen LogP contribution in [0.3, 0.4) is 0 Å². The molecular weight excluding hydrogens is 337 g/mol. The van der Waals surface area contributed by atoms with Gasteiger partial charge in [-0.25, -0.2) is 4.39 Å². The minimum atomic E-state index is -0.203. The van der Waals surface area contributed by atoms with Gasteiger partial charge in [-0.05, 0) is 42.8 Å². The quantitative estimate of drug-likeness (QED) is 0.535. The van der Waals surface area contributed by atoms with Crippen LogP contribution in [0.5, 0.6) is 0 Å². The summed E-state index contributed by atoms with van der Waals surface area (Å²) < 4.78 is 18.5. The lowest BCUT2D eigenvalue weighted by atomic mass is 10.2. The van der Waals surface area contributed by atoms with Crippen LogP contribution in [0.15, 0.2) is 24.3 Å². The van der Waals surface area contributed by atoms with E-state index in [1.807, 2.05) is 12.1 Å². The third kappa shape index (κ3) is 7.67. The number of unbranched alkanes of at least 4 members (excludes halogenated alkanes) is 1. The van der Waals surface area contributed by atoms with Crippen molar-refractivity contribution < 1.29 is 9.13 Å². The van der Waals surface area contributed by atoms with Crippen LogP contribution >= 0.6 is 12.2 Å². The van der Waals surface area contributed by atoms with Crippen molar-refractivity contribution >= 4 is 17.3 Å². The smallest absolute Gasteiger partial charge is 0.169 e. The van der Waals surface area contributed by atoms with Crippen molar-refractivity contribution in [2.45, 2.75) is 32.7 Å². The van der Waals surface area contributed by atoms with Gasteiger partial charge in [-0.2, -0.15) is 0 Å². The molecule has 0 atom stereocenters. The average Bonchev–Trinajstić information content (AvgIpc) is 2.63.